The Labute approximate surface area is 212 Å². The fraction of sp³-hybridized carbons (Fsp3) is 0.240. The van der Waals surface area contributed by atoms with Crippen molar-refractivity contribution < 1.29 is 14.3 Å². The molecule has 0 aliphatic heterocycles. The van der Waals surface area contributed by atoms with E-state index in [0.29, 0.717) is 45.3 Å². The van der Waals surface area contributed by atoms with E-state index >= 15 is 0 Å². The highest BCUT2D eigenvalue weighted by Gasteiger charge is 2.14. The predicted octanol–water partition coefficient (Wildman–Crippen LogP) is 6.77. The molecule has 1 aromatic heterocycles. The van der Waals surface area contributed by atoms with Gasteiger partial charge in [-0.3, -0.25) is 10.1 Å². The number of ether oxygens (including phenoxy) is 2. The standard InChI is InChI=1S/C25H23Cl2N3O3S/c1-3-4-9-33-22-8-5-16(11-23(22)32-2)10-18(14-28)24(31)30-25-29-15-20(34-25)13-17-12-19(26)6-7-21(17)27/h5-8,10-12,15H,3-4,9,13H2,1-2H3,(H,29,30,31). The molecule has 0 radical (unpaired) electrons. The molecule has 0 spiro atoms. The fourth-order valence-corrected chi connectivity index (χ4v) is 4.22. The summed E-state index contributed by atoms with van der Waals surface area (Å²) >= 11 is 13.6. The lowest BCUT2D eigenvalue weighted by atomic mass is 10.1. The Kier molecular flexibility index (Phi) is 9.34. The average molecular weight is 516 g/mol. The summed E-state index contributed by atoms with van der Waals surface area (Å²) in [6.45, 7) is 2.68. The van der Waals surface area contributed by atoms with Gasteiger partial charge in [-0.25, -0.2) is 4.98 Å². The number of carbonyl (C=O) groups excluding carboxylic acids is 1. The molecule has 0 fully saturated rings. The molecule has 0 saturated carbocycles. The number of anilines is 1. The minimum atomic E-state index is -0.550. The van der Waals surface area contributed by atoms with Crippen LogP contribution >= 0.6 is 34.5 Å². The van der Waals surface area contributed by atoms with E-state index in [1.54, 1.807) is 49.7 Å². The van der Waals surface area contributed by atoms with Crippen molar-refractivity contribution in [1.82, 2.24) is 4.98 Å². The van der Waals surface area contributed by atoms with Crippen LogP contribution < -0.4 is 14.8 Å². The minimum absolute atomic E-state index is 0.0589. The fourth-order valence-electron chi connectivity index (χ4n) is 3.01. The van der Waals surface area contributed by atoms with Gasteiger partial charge in [-0.2, -0.15) is 5.26 Å². The van der Waals surface area contributed by atoms with Crippen LogP contribution in [0.15, 0.2) is 48.2 Å². The van der Waals surface area contributed by atoms with Gasteiger partial charge >= 0.3 is 0 Å². The summed E-state index contributed by atoms with van der Waals surface area (Å²) in [6, 6.07) is 12.5. The van der Waals surface area contributed by atoms with Crippen LogP contribution in [0.3, 0.4) is 0 Å². The van der Waals surface area contributed by atoms with Gasteiger partial charge in [-0.05, 0) is 54.0 Å². The van der Waals surface area contributed by atoms with E-state index in [9.17, 15) is 10.1 Å². The molecule has 1 heterocycles. The molecule has 1 amide bonds. The second kappa shape index (κ2) is 12.4. The number of aromatic nitrogens is 1. The van der Waals surface area contributed by atoms with E-state index in [0.717, 1.165) is 23.3 Å². The van der Waals surface area contributed by atoms with E-state index < -0.39 is 5.91 Å². The zero-order valence-electron chi connectivity index (χ0n) is 18.7. The molecule has 9 heteroatoms. The molecule has 0 atom stereocenters. The topological polar surface area (TPSA) is 84.2 Å². The molecular weight excluding hydrogens is 493 g/mol. The minimum Gasteiger partial charge on any atom is -0.493 e. The van der Waals surface area contributed by atoms with Crippen molar-refractivity contribution in [3.8, 4) is 17.6 Å². The number of nitrogens with one attached hydrogen (secondary N) is 1. The first kappa shape index (κ1) is 25.6. The molecule has 0 bridgehead atoms. The lowest BCUT2D eigenvalue weighted by Crippen LogP contribution is -2.13. The molecule has 2 aromatic carbocycles. The van der Waals surface area contributed by atoms with Crippen LogP contribution in [0, 0.1) is 11.3 Å². The molecular formula is C25H23Cl2N3O3S. The third-order valence-electron chi connectivity index (χ3n) is 4.77. The van der Waals surface area contributed by atoms with Gasteiger partial charge in [-0.1, -0.05) is 42.6 Å². The number of hydrogen-bond acceptors (Lipinski definition) is 6. The van der Waals surface area contributed by atoms with Crippen LogP contribution in [0.2, 0.25) is 10.0 Å². The van der Waals surface area contributed by atoms with Gasteiger partial charge in [0.2, 0.25) is 0 Å². The molecule has 3 aromatic rings. The van der Waals surface area contributed by atoms with Crippen molar-refractivity contribution in [2.45, 2.75) is 26.2 Å². The van der Waals surface area contributed by atoms with Crippen LogP contribution in [0.4, 0.5) is 5.13 Å². The molecule has 6 nitrogen and oxygen atoms in total. The molecule has 0 aliphatic rings. The number of halogens is 2. The van der Waals surface area contributed by atoms with Crippen LogP contribution in [0.25, 0.3) is 6.08 Å². The number of amides is 1. The van der Waals surface area contributed by atoms with E-state index in [2.05, 4.69) is 17.2 Å². The largest absolute Gasteiger partial charge is 0.493 e. The van der Waals surface area contributed by atoms with Crippen LogP contribution in [-0.2, 0) is 11.2 Å². The number of methoxy groups -OCH3 is 1. The highest BCUT2D eigenvalue weighted by atomic mass is 35.5. The molecule has 0 unspecified atom stereocenters. The van der Waals surface area contributed by atoms with Crippen molar-refractivity contribution in [3.05, 3.63) is 74.2 Å². The van der Waals surface area contributed by atoms with Crippen LogP contribution in [0.1, 0.15) is 35.8 Å². The summed E-state index contributed by atoms with van der Waals surface area (Å²) in [5, 5.41) is 13.8. The normalized spacial score (nSPS) is 11.1. The maximum absolute atomic E-state index is 12.7. The molecule has 34 heavy (non-hydrogen) atoms. The number of rotatable bonds is 10. The van der Waals surface area contributed by atoms with E-state index in [4.69, 9.17) is 32.7 Å². The summed E-state index contributed by atoms with van der Waals surface area (Å²) in [7, 11) is 1.55. The van der Waals surface area contributed by atoms with E-state index in [1.165, 1.54) is 17.4 Å². The third-order valence-corrected chi connectivity index (χ3v) is 6.28. The third kappa shape index (κ3) is 6.97. The number of nitriles is 1. The van der Waals surface area contributed by atoms with Gasteiger partial charge in [-0.15, -0.1) is 11.3 Å². The first-order valence-corrected chi connectivity index (χ1v) is 12.1. The Morgan fingerprint density at radius 1 is 1.24 bits per heavy atom. The van der Waals surface area contributed by atoms with E-state index in [-0.39, 0.29) is 5.57 Å². The second-order valence-electron chi connectivity index (χ2n) is 7.28. The Hall–Kier alpha value is -3.05. The lowest BCUT2D eigenvalue weighted by Gasteiger charge is -2.11. The Morgan fingerprint density at radius 2 is 2.06 bits per heavy atom. The Bertz CT molecular complexity index is 1230. The predicted molar refractivity (Wildman–Crippen MR) is 137 cm³/mol. The number of carbonyl (C=O) groups is 1. The zero-order chi connectivity index (χ0) is 24.5. The van der Waals surface area contributed by atoms with Crippen molar-refractivity contribution >= 4 is 51.7 Å². The molecule has 1 N–H and O–H groups in total. The van der Waals surface area contributed by atoms with Gasteiger partial charge < -0.3 is 9.47 Å². The molecule has 176 valence electrons. The van der Waals surface area contributed by atoms with Crippen LogP contribution in [-0.4, -0.2) is 24.6 Å². The summed E-state index contributed by atoms with van der Waals surface area (Å²) in [5.74, 6) is 0.601. The summed E-state index contributed by atoms with van der Waals surface area (Å²) in [4.78, 5) is 17.8. The van der Waals surface area contributed by atoms with E-state index in [1.807, 2.05) is 6.07 Å². The smallest absolute Gasteiger partial charge is 0.268 e. The maximum atomic E-state index is 12.7. The van der Waals surface area contributed by atoms with Gasteiger partial charge in [0.15, 0.2) is 16.6 Å². The van der Waals surface area contributed by atoms with Gasteiger partial charge in [0.05, 0.1) is 13.7 Å². The van der Waals surface area contributed by atoms with Gasteiger partial charge in [0, 0.05) is 27.5 Å². The monoisotopic (exact) mass is 515 g/mol. The van der Waals surface area contributed by atoms with Gasteiger partial charge in [0.25, 0.3) is 5.91 Å². The van der Waals surface area contributed by atoms with Gasteiger partial charge in [0.1, 0.15) is 11.6 Å². The number of nitrogens with zero attached hydrogens (tertiary/aromatic N) is 2. The molecule has 3 rings (SSSR count). The first-order chi connectivity index (χ1) is 16.4. The number of thiazole rings is 1. The highest BCUT2D eigenvalue weighted by molar-refractivity contribution is 7.15. The first-order valence-electron chi connectivity index (χ1n) is 10.6. The maximum Gasteiger partial charge on any atom is 0.268 e. The van der Waals surface area contributed by atoms with Crippen molar-refractivity contribution in [2.24, 2.45) is 0 Å². The summed E-state index contributed by atoms with van der Waals surface area (Å²) in [5.41, 5.74) is 1.45. The summed E-state index contributed by atoms with van der Waals surface area (Å²) in [6.07, 6.45) is 5.65. The SMILES string of the molecule is CCCCOc1ccc(C=C(C#N)C(=O)Nc2ncc(Cc3cc(Cl)ccc3Cl)s2)cc1OC. The van der Waals surface area contributed by atoms with Crippen molar-refractivity contribution in [3.63, 3.8) is 0 Å². The Balaban J connectivity index is 1.70. The number of unbranched alkanes of at least 4 members (excludes halogenated alkanes) is 1. The Morgan fingerprint density at radius 3 is 2.79 bits per heavy atom. The lowest BCUT2D eigenvalue weighted by molar-refractivity contribution is -0.112. The second-order valence-corrected chi connectivity index (χ2v) is 9.24. The molecule has 0 saturated heterocycles. The molecule has 0 aliphatic carbocycles. The number of benzene rings is 2. The zero-order valence-corrected chi connectivity index (χ0v) is 21.1. The van der Waals surface area contributed by atoms with Crippen LogP contribution in [0.5, 0.6) is 11.5 Å². The average Bonchev–Trinajstić information content (AvgIpc) is 3.27. The van der Waals surface area contributed by atoms with Crippen molar-refractivity contribution in [2.75, 3.05) is 19.0 Å². The quantitative estimate of drug-likeness (QED) is 0.183. The van der Waals surface area contributed by atoms with Crippen molar-refractivity contribution in [1.29, 1.82) is 5.26 Å². The number of hydrogen-bond donors (Lipinski definition) is 1. The summed E-state index contributed by atoms with van der Waals surface area (Å²) < 4.78 is 11.1. The highest BCUT2D eigenvalue weighted by Crippen LogP contribution is 2.30.